The van der Waals surface area contributed by atoms with Crippen LogP contribution < -0.4 is 0 Å². The second-order valence-corrected chi connectivity index (χ2v) is 6.20. The topological polar surface area (TPSA) is 50.3 Å². The number of nitrogens with zero attached hydrogens (tertiary/aromatic N) is 2. The van der Waals surface area contributed by atoms with Gasteiger partial charge in [-0.05, 0) is 48.6 Å². The second kappa shape index (κ2) is 6.32. The van der Waals surface area contributed by atoms with E-state index < -0.39 is 0 Å². The summed E-state index contributed by atoms with van der Waals surface area (Å²) < 4.78 is 0. The molecule has 2 amide bonds. The van der Waals surface area contributed by atoms with Crippen LogP contribution >= 0.6 is 0 Å². The molecule has 0 bridgehead atoms. The normalized spacial score (nSPS) is 17.8. The highest BCUT2D eigenvalue weighted by Gasteiger charge is 2.38. The van der Waals surface area contributed by atoms with Crippen LogP contribution in [0.5, 0.6) is 0 Å². The molecule has 0 saturated carbocycles. The number of amides is 2. The number of hydrogen-bond acceptors (Lipinski definition) is 3. The quantitative estimate of drug-likeness (QED) is 0.816. The Morgan fingerprint density at radius 1 is 1.13 bits per heavy atom. The van der Waals surface area contributed by atoms with E-state index in [2.05, 4.69) is 31.0 Å². The van der Waals surface area contributed by atoms with Crippen LogP contribution in [0.3, 0.4) is 0 Å². The molecule has 3 rings (SSSR count). The van der Waals surface area contributed by atoms with Crippen molar-refractivity contribution in [3.63, 3.8) is 0 Å². The van der Waals surface area contributed by atoms with Crippen molar-refractivity contribution in [2.24, 2.45) is 5.92 Å². The first-order valence-corrected chi connectivity index (χ1v) is 7.84. The van der Waals surface area contributed by atoms with Crippen molar-refractivity contribution in [2.45, 2.75) is 33.2 Å². The van der Waals surface area contributed by atoms with E-state index in [4.69, 9.17) is 0 Å². The van der Waals surface area contributed by atoms with Gasteiger partial charge in [-0.3, -0.25) is 19.5 Å². The van der Waals surface area contributed by atoms with Crippen molar-refractivity contribution in [3.8, 4) is 0 Å². The zero-order chi connectivity index (χ0) is 16.4. The fraction of sp³-hybridized carbons (Fsp3) is 0.316. The van der Waals surface area contributed by atoms with Crippen LogP contribution in [-0.4, -0.2) is 21.7 Å². The minimum Gasteiger partial charge on any atom is -0.278 e. The molecule has 4 heteroatoms. The minimum absolute atomic E-state index is 0.0721. The maximum atomic E-state index is 12.6. The predicted molar refractivity (Wildman–Crippen MR) is 87.5 cm³/mol. The lowest BCUT2D eigenvalue weighted by molar-refractivity contribution is -0.140. The molecule has 2 heterocycles. The largest absolute Gasteiger partial charge is 0.278 e. The molecule has 0 N–H and O–H groups in total. The number of aryl methyl sites for hydroxylation is 2. The lowest BCUT2D eigenvalue weighted by Gasteiger charge is -2.15. The lowest BCUT2D eigenvalue weighted by atomic mass is 9.95. The minimum atomic E-state index is -0.249. The number of pyridine rings is 1. The van der Waals surface area contributed by atoms with E-state index in [9.17, 15) is 9.59 Å². The van der Waals surface area contributed by atoms with Gasteiger partial charge in [0.1, 0.15) is 0 Å². The standard InChI is InChI=1S/C19H20N2O2/c1-13-5-6-15(8-14(13)2)9-17-10-18(22)21(19(17)23)12-16-4-3-7-20-11-16/h3-8,11,17H,9-10,12H2,1-2H3. The van der Waals surface area contributed by atoms with Gasteiger partial charge in [0.25, 0.3) is 0 Å². The van der Waals surface area contributed by atoms with Crippen molar-refractivity contribution in [1.29, 1.82) is 0 Å². The molecule has 2 aromatic rings. The van der Waals surface area contributed by atoms with Gasteiger partial charge in [-0.2, -0.15) is 0 Å². The van der Waals surface area contributed by atoms with Crippen molar-refractivity contribution < 1.29 is 9.59 Å². The molecule has 118 valence electrons. The highest BCUT2D eigenvalue weighted by molar-refractivity contribution is 6.03. The molecule has 1 unspecified atom stereocenters. The first kappa shape index (κ1) is 15.4. The number of carbonyl (C=O) groups is 2. The summed E-state index contributed by atoms with van der Waals surface area (Å²) in [6.07, 6.45) is 4.29. The van der Waals surface area contributed by atoms with E-state index in [1.54, 1.807) is 12.4 Å². The first-order chi connectivity index (χ1) is 11.0. The van der Waals surface area contributed by atoms with E-state index in [-0.39, 0.29) is 17.7 Å². The summed E-state index contributed by atoms with van der Waals surface area (Å²) in [5.74, 6) is -0.411. The average Bonchev–Trinajstić information content (AvgIpc) is 2.80. The van der Waals surface area contributed by atoms with Crippen molar-refractivity contribution >= 4 is 11.8 Å². The summed E-state index contributed by atoms with van der Waals surface area (Å²) in [5, 5.41) is 0. The average molecular weight is 308 g/mol. The number of imide groups is 1. The molecule has 1 aromatic heterocycles. The van der Waals surface area contributed by atoms with Crippen LogP contribution in [0.1, 0.15) is 28.7 Å². The van der Waals surface area contributed by atoms with E-state index >= 15 is 0 Å². The van der Waals surface area contributed by atoms with E-state index in [0.717, 1.165) is 11.1 Å². The Balaban J connectivity index is 1.72. The monoisotopic (exact) mass is 308 g/mol. The molecule has 0 aliphatic carbocycles. The Hall–Kier alpha value is -2.49. The Bertz CT molecular complexity index is 740. The van der Waals surface area contributed by atoms with E-state index in [0.29, 0.717) is 19.4 Å². The predicted octanol–water partition coefficient (Wildman–Crippen LogP) is 2.82. The molecule has 1 aliphatic rings. The number of likely N-dealkylation sites (tertiary alicyclic amines) is 1. The molecule has 1 aromatic carbocycles. The van der Waals surface area contributed by atoms with Crippen LogP contribution in [0.25, 0.3) is 0 Å². The Labute approximate surface area is 136 Å². The molecular weight excluding hydrogens is 288 g/mol. The SMILES string of the molecule is Cc1ccc(CC2CC(=O)N(Cc3cccnc3)C2=O)cc1C. The molecule has 4 nitrogen and oxygen atoms in total. The Kier molecular flexibility index (Phi) is 4.24. The summed E-state index contributed by atoms with van der Waals surface area (Å²) >= 11 is 0. The van der Waals surface area contributed by atoms with Crippen molar-refractivity contribution in [3.05, 3.63) is 65.0 Å². The van der Waals surface area contributed by atoms with E-state index in [1.165, 1.54) is 16.0 Å². The van der Waals surface area contributed by atoms with Crippen LogP contribution in [0.4, 0.5) is 0 Å². The molecular formula is C19H20N2O2. The summed E-state index contributed by atoms with van der Waals surface area (Å²) in [6.45, 7) is 4.45. The maximum Gasteiger partial charge on any atom is 0.233 e. The molecule has 23 heavy (non-hydrogen) atoms. The van der Waals surface area contributed by atoms with Gasteiger partial charge in [0, 0.05) is 18.8 Å². The van der Waals surface area contributed by atoms with Crippen LogP contribution in [-0.2, 0) is 22.6 Å². The zero-order valence-corrected chi connectivity index (χ0v) is 13.5. The maximum absolute atomic E-state index is 12.6. The van der Waals surface area contributed by atoms with Gasteiger partial charge in [0.2, 0.25) is 11.8 Å². The third kappa shape index (κ3) is 3.31. The second-order valence-electron chi connectivity index (χ2n) is 6.20. The summed E-state index contributed by atoms with van der Waals surface area (Å²) in [5.41, 5.74) is 4.44. The highest BCUT2D eigenvalue weighted by Crippen LogP contribution is 2.25. The van der Waals surface area contributed by atoms with Crippen molar-refractivity contribution in [2.75, 3.05) is 0 Å². The molecule has 1 fully saturated rings. The van der Waals surface area contributed by atoms with Crippen LogP contribution in [0.15, 0.2) is 42.7 Å². The zero-order valence-electron chi connectivity index (χ0n) is 13.5. The number of rotatable bonds is 4. The number of hydrogen-bond donors (Lipinski definition) is 0. The van der Waals surface area contributed by atoms with Gasteiger partial charge in [-0.15, -0.1) is 0 Å². The number of carbonyl (C=O) groups excluding carboxylic acids is 2. The molecule has 1 atom stereocenters. The molecule has 0 spiro atoms. The molecule has 0 radical (unpaired) electrons. The van der Waals surface area contributed by atoms with Gasteiger partial charge in [0.15, 0.2) is 0 Å². The molecule has 1 saturated heterocycles. The third-order valence-corrected chi connectivity index (χ3v) is 4.45. The van der Waals surface area contributed by atoms with Gasteiger partial charge in [0.05, 0.1) is 12.5 Å². The highest BCUT2D eigenvalue weighted by atomic mass is 16.2. The first-order valence-electron chi connectivity index (χ1n) is 7.84. The molecule has 1 aliphatic heterocycles. The third-order valence-electron chi connectivity index (χ3n) is 4.45. The fourth-order valence-corrected chi connectivity index (χ4v) is 2.97. The number of aromatic nitrogens is 1. The van der Waals surface area contributed by atoms with Gasteiger partial charge in [-0.1, -0.05) is 24.3 Å². The summed E-state index contributed by atoms with van der Waals surface area (Å²) in [7, 11) is 0. The number of benzene rings is 1. The lowest BCUT2D eigenvalue weighted by Crippen LogP contribution is -2.30. The fourth-order valence-electron chi connectivity index (χ4n) is 2.97. The van der Waals surface area contributed by atoms with Crippen LogP contribution in [0, 0.1) is 19.8 Å². The van der Waals surface area contributed by atoms with Crippen LogP contribution in [0.2, 0.25) is 0 Å². The van der Waals surface area contributed by atoms with E-state index in [1.807, 2.05) is 18.2 Å². The Morgan fingerprint density at radius 3 is 2.65 bits per heavy atom. The summed E-state index contributed by atoms with van der Waals surface area (Å²) in [6, 6.07) is 9.91. The van der Waals surface area contributed by atoms with Gasteiger partial charge in [-0.25, -0.2) is 0 Å². The van der Waals surface area contributed by atoms with Crippen molar-refractivity contribution in [1.82, 2.24) is 9.88 Å². The van der Waals surface area contributed by atoms with Gasteiger partial charge < -0.3 is 0 Å². The Morgan fingerprint density at radius 2 is 1.96 bits per heavy atom. The smallest absolute Gasteiger partial charge is 0.233 e. The van der Waals surface area contributed by atoms with Gasteiger partial charge >= 0.3 is 0 Å². The summed E-state index contributed by atoms with van der Waals surface area (Å²) in [4.78, 5) is 30.2.